The molecule has 3 amide bonds. The summed E-state index contributed by atoms with van der Waals surface area (Å²) in [6.45, 7) is 7.18. The van der Waals surface area contributed by atoms with Gasteiger partial charge < -0.3 is 10.1 Å². The van der Waals surface area contributed by atoms with E-state index in [1.807, 2.05) is 6.92 Å². The van der Waals surface area contributed by atoms with Gasteiger partial charge in [0.05, 0.1) is 20.2 Å². The smallest absolute Gasteiger partial charge is 0.321 e. The van der Waals surface area contributed by atoms with Gasteiger partial charge in [0.1, 0.15) is 0 Å². The van der Waals surface area contributed by atoms with Crippen molar-refractivity contribution in [2.24, 2.45) is 5.92 Å². The van der Waals surface area contributed by atoms with Crippen molar-refractivity contribution in [2.75, 3.05) is 33.3 Å². The Bertz CT molecular complexity index is 345. The minimum Gasteiger partial charge on any atom is -0.468 e. The Morgan fingerprint density at radius 1 is 1.19 bits per heavy atom. The first-order valence-corrected chi connectivity index (χ1v) is 7.25. The summed E-state index contributed by atoms with van der Waals surface area (Å²) in [6, 6.07) is -0.504. The number of ether oxygens (including phenoxy) is 1. The Morgan fingerprint density at radius 3 is 2.38 bits per heavy atom. The molecule has 0 bridgehead atoms. The third-order valence-corrected chi connectivity index (χ3v) is 2.75. The monoisotopic (exact) mass is 301 g/mol. The topological polar surface area (TPSA) is 87.7 Å². The van der Waals surface area contributed by atoms with Gasteiger partial charge in [-0.1, -0.05) is 20.8 Å². The van der Waals surface area contributed by atoms with Gasteiger partial charge in [0.2, 0.25) is 5.91 Å². The molecule has 0 aliphatic carbocycles. The molecule has 0 aromatic heterocycles. The van der Waals surface area contributed by atoms with Crippen LogP contribution in [-0.2, 0) is 14.3 Å². The molecule has 21 heavy (non-hydrogen) atoms. The third-order valence-electron chi connectivity index (χ3n) is 2.75. The second-order valence-corrected chi connectivity index (χ2v) is 5.27. The normalized spacial score (nSPS) is 10.6. The summed E-state index contributed by atoms with van der Waals surface area (Å²) in [6.07, 6.45) is 1.65. The van der Waals surface area contributed by atoms with Crippen LogP contribution < -0.4 is 10.6 Å². The summed E-state index contributed by atoms with van der Waals surface area (Å²) in [4.78, 5) is 36.1. The highest BCUT2D eigenvalue weighted by molar-refractivity contribution is 5.95. The van der Waals surface area contributed by atoms with E-state index in [0.717, 1.165) is 12.8 Å². The molecule has 2 N–H and O–H groups in total. The van der Waals surface area contributed by atoms with Crippen LogP contribution in [-0.4, -0.2) is 56.1 Å². The van der Waals surface area contributed by atoms with Crippen LogP contribution in [0.3, 0.4) is 0 Å². The van der Waals surface area contributed by atoms with E-state index in [4.69, 9.17) is 0 Å². The molecule has 0 aliphatic heterocycles. The molecule has 0 aromatic rings. The Balaban J connectivity index is 4.12. The first-order chi connectivity index (χ1) is 9.88. The minimum absolute atomic E-state index is 0.0134. The number of rotatable bonds is 9. The van der Waals surface area contributed by atoms with Gasteiger partial charge in [0, 0.05) is 6.54 Å². The Kier molecular flexibility index (Phi) is 10.2. The molecule has 0 atom stereocenters. The highest BCUT2D eigenvalue weighted by atomic mass is 16.5. The van der Waals surface area contributed by atoms with Crippen molar-refractivity contribution in [3.05, 3.63) is 0 Å². The first kappa shape index (κ1) is 19.4. The summed E-state index contributed by atoms with van der Waals surface area (Å²) in [7, 11) is 1.30. The fourth-order valence-corrected chi connectivity index (χ4v) is 1.67. The van der Waals surface area contributed by atoms with Crippen LogP contribution in [0.15, 0.2) is 0 Å². The van der Waals surface area contributed by atoms with E-state index in [-0.39, 0.29) is 13.1 Å². The lowest BCUT2D eigenvalue weighted by atomic mass is 10.1. The number of amides is 3. The number of carbonyl (C=O) groups excluding carboxylic acids is 3. The lowest BCUT2D eigenvalue weighted by Crippen LogP contribution is -2.46. The van der Waals surface area contributed by atoms with Crippen molar-refractivity contribution in [3.63, 3.8) is 0 Å². The predicted molar refractivity (Wildman–Crippen MR) is 79.7 cm³/mol. The Morgan fingerprint density at radius 2 is 1.86 bits per heavy atom. The fraction of sp³-hybridized carbons (Fsp3) is 0.786. The second-order valence-electron chi connectivity index (χ2n) is 5.27. The highest BCUT2D eigenvalue weighted by Gasteiger charge is 2.15. The summed E-state index contributed by atoms with van der Waals surface area (Å²) >= 11 is 0. The van der Waals surface area contributed by atoms with Gasteiger partial charge in [0.15, 0.2) is 0 Å². The van der Waals surface area contributed by atoms with Crippen LogP contribution in [0, 0.1) is 5.92 Å². The Labute approximate surface area is 126 Å². The average molecular weight is 301 g/mol. The molecule has 0 saturated carbocycles. The van der Waals surface area contributed by atoms with Crippen molar-refractivity contribution in [1.29, 1.82) is 0 Å². The maximum absolute atomic E-state index is 11.7. The lowest BCUT2D eigenvalue weighted by Gasteiger charge is -2.19. The van der Waals surface area contributed by atoms with Crippen molar-refractivity contribution in [1.82, 2.24) is 15.5 Å². The van der Waals surface area contributed by atoms with E-state index in [1.165, 1.54) is 7.11 Å². The van der Waals surface area contributed by atoms with Gasteiger partial charge in [-0.15, -0.1) is 0 Å². The molecule has 7 heteroatoms. The number of carbonyl (C=O) groups is 3. The summed E-state index contributed by atoms with van der Waals surface area (Å²) in [5.74, 6) is -0.354. The highest BCUT2D eigenvalue weighted by Crippen LogP contribution is 1.96. The van der Waals surface area contributed by atoms with Crippen LogP contribution in [0.2, 0.25) is 0 Å². The Hall–Kier alpha value is -1.63. The number of esters is 1. The zero-order valence-electron chi connectivity index (χ0n) is 13.4. The van der Waals surface area contributed by atoms with Crippen LogP contribution in [0.4, 0.5) is 4.79 Å². The molecular formula is C14H27N3O4. The lowest BCUT2D eigenvalue weighted by molar-refractivity contribution is -0.142. The fourth-order valence-electron chi connectivity index (χ4n) is 1.67. The summed E-state index contributed by atoms with van der Waals surface area (Å²) in [5, 5.41) is 4.87. The van der Waals surface area contributed by atoms with Crippen LogP contribution in [0.25, 0.3) is 0 Å². The number of urea groups is 1. The van der Waals surface area contributed by atoms with Crippen molar-refractivity contribution >= 4 is 17.9 Å². The number of methoxy groups -OCH3 is 1. The molecule has 0 spiro atoms. The van der Waals surface area contributed by atoms with Gasteiger partial charge in [-0.05, 0) is 25.3 Å². The molecule has 0 unspecified atom stereocenters. The van der Waals surface area contributed by atoms with E-state index in [1.54, 1.807) is 4.90 Å². The van der Waals surface area contributed by atoms with Crippen molar-refractivity contribution in [3.8, 4) is 0 Å². The van der Waals surface area contributed by atoms with E-state index in [0.29, 0.717) is 19.0 Å². The molecule has 0 fully saturated rings. The van der Waals surface area contributed by atoms with Gasteiger partial charge in [-0.25, -0.2) is 4.79 Å². The SMILES string of the molecule is CCCN(CC(=O)NC(=O)NCCC(C)C)CC(=O)OC. The first-order valence-electron chi connectivity index (χ1n) is 7.25. The molecular weight excluding hydrogens is 274 g/mol. The molecule has 122 valence electrons. The number of hydrogen-bond donors (Lipinski definition) is 2. The minimum atomic E-state index is -0.504. The second kappa shape index (κ2) is 11.1. The molecule has 0 aromatic carbocycles. The van der Waals surface area contributed by atoms with Crippen LogP contribution in [0.5, 0.6) is 0 Å². The standard InChI is InChI=1S/C14H27N3O4/c1-5-8-17(10-13(19)21-4)9-12(18)16-14(20)15-7-6-11(2)3/h11H,5-10H2,1-4H3,(H2,15,16,18,20). The van der Waals surface area contributed by atoms with Gasteiger partial charge >= 0.3 is 12.0 Å². The predicted octanol–water partition coefficient (Wildman–Crippen LogP) is 0.743. The van der Waals surface area contributed by atoms with Gasteiger partial charge in [-0.2, -0.15) is 0 Å². The molecule has 0 radical (unpaired) electrons. The van der Waals surface area contributed by atoms with Crippen LogP contribution >= 0.6 is 0 Å². The quantitative estimate of drug-likeness (QED) is 0.613. The van der Waals surface area contributed by atoms with Gasteiger partial charge in [-0.3, -0.25) is 19.8 Å². The maximum atomic E-state index is 11.7. The maximum Gasteiger partial charge on any atom is 0.321 e. The average Bonchev–Trinajstić information content (AvgIpc) is 2.37. The van der Waals surface area contributed by atoms with Crippen LogP contribution in [0.1, 0.15) is 33.6 Å². The number of nitrogens with one attached hydrogen (secondary N) is 2. The summed E-state index contributed by atoms with van der Waals surface area (Å²) < 4.78 is 4.57. The van der Waals surface area contributed by atoms with E-state index < -0.39 is 17.9 Å². The number of hydrogen-bond acceptors (Lipinski definition) is 5. The van der Waals surface area contributed by atoms with Crippen molar-refractivity contribution in [2.45, 2.75) is 33.6 Å². The summed E-state index contributed by atoms with van der Waals surface area (Å²) in [5.41, 5.74) is 0. The van der Waals surface area contributed by atoms with Gasteiger partial charge in [0.25, 0.3) is 0 Å². The molecule has 7 nitrogen and oxygen atoms in total. The van der Waals surface area contributed by atoms with Crippen molar-refractivity contribution < 1.29 is 19.1 Å². The number of nitrogens with zero attached hydrogens (tertiary/aromatic N) is 1. The van der Waals surface area contributed by atoms with E-state index in [2.05, 4.69) is 29.2 Å². The molecule has 0 aliphatic rings. The third kappa shape index (κ3) is 10.8. The zero-order chi connectivity index (χ0) is 16.3. The van der Waals surface area contributed by atoms with E-state index in [9.17, 15) is 14.4 Å². The molecule has 0 rings (SSSR count). The number of imide groups is 1. The molecule has 0 saturated heterocycles. The molecule has 0 heterocycles. The van der Waals surface area contributed by atoms with E-state index >= 15 is 0 Å². The zero-order valence-corrected chi connectivity index (χ0v) is 13.4. The largest absolute Gasteiger partial charge is 0.468 e.